The maximum atomic E-state index is 11.9. The molecule has 0 aliphatic carbocycles. The fraction of sp³-hybridized carbons (Fsp3) is 0.0909. The summed E-state index contributed by atoms with van der Waals surface area (Å²) in [4.78, 5) is 7.21. The molecule has 0 fully saturated rings. The SMILES string of the molecule is Nc1cnc(NS(=O)(=O)Cc2ccccc2)nc1O. The molecule has 1 aromatic carbocycles. The Balaban J connectivity index is 2.15. The number of anilines is 2. The Morgan fingerprint density at radius 3 is 2.58 bits per heavy atom. The second kappa shape index (κ2) is 5.11. The summed E-state index contributed by atoms with van der Waals surface area (Å²) >= 11 is 0. The second-order valence-electron chi connectivity index (χ2n) is 3.82. The molecule has 2 rings (SSSR count). The molecule has 0 saturated carbocycles. The van der Waals surface area contributed by atoms with Crippen LogP contribution < -0.4 is 10.5 Å². The van der Waals surface area contributed by atoms with E-state index in [2.05, 4.69) is 14.7 Å². The first-order chi connectivity index (χ1) is 8.96. The Bertz CT molecular complexity index is 674. The Morgan fingerprint density at radius 2 is 1.95 bits per heavy atom. The number of hydrogen-bond donors (Lipinski definition) is 3. The number of benzene rings is 1. The van der Waals surface area contributed by atoms with Crippen molar-refractivity contribution in [2.24, 2.45) is 0 Å². The summed E-state index contributed by atoms with van der Waals surface area (Å²) in [6.45, 7) is 0. The molecule has 0 aliphatic heterocycles. The van der Waals surface area contributed by atoms with Crippen molar-refractivity contribution in [1.82, 2.24) is 9.97 Å². The number of sulfonamides is 1. The predicted molar refractivity (Wildman–Crippen MR) is 70.8 cm³/mol. The van der Waals surface area contributed by atoms with E-state index in [-0.39, 0.29) is 17.4 Å². The molecule has 0 saturated heterocycles. The normalized spacial score (nSPS) is 11.2. The van der Waals surface area contributed by atoms with E-state index in [0.717, 1.165) is 6.20 Å². The minimum absolute atomic E-state index is 0.0222. The quantitative estimate of drug-likeness (QED) is 0.759. The Hall–Kier alpha value is -2.35. The molecule has 0 unspecified atom stereocenters. The Labute approximate surface area is 110 Å². The molecule has 0 radical (unpaired) electrons. The average Bonchev–Trinajstić information content (AvgIpc) is 2.34. The topological polar surface area (TPSA) is 118 Å². The van der Waals surface area contributed by atoms with Gasteiger partial charge in [0, 0.05) is 0 Å². The summed E-state index contributed by atoms with van der Waals surface area (Å²) < 4.78 is 25.9. The lowest BCUT2D eigenvalue weighted by Crippen LogP contribution is -2.17. The van der Waals surface area contributed by atoms with Gasteiger partial charge < -0.3 is 10.8 Å². The van der Waals surface area contributed by atoms with E-state index in [0.29, 0.717) is 5.56 Å². The lowest BCUT2D eigenvalue weighted by molar-refractivity contribution is 0.456. The number of aromatic hydroxyl groups is 1. The molecular weight excluding hydrogens is 268 g/mol. The largest absolute Gasteiger partial charge is 0.492 e. The smallest absolute Gasteiger partial charge is 0.239 e. The van der Waals surface area contributed by atoms with Gasteiger partial charge >= 0.3 is 0 Å². The van der Waals surface area contributed by atoms with Crippen LogP contribution in [0.4, 0.5) is 11.6 Å². The van der Waals surface area contributed by atoms with Crippen LogP contribution in [0.25, 0.3) is 0 Å². The van der Waals surface area contributed by atoms with Crippen molar-refractivity contribution in [3.8, 4) is 5.88 Å². The maximum Gasteiger partial charge on any atom is 0.239 e. The van der Waals surface area contributed by atoms with E-state index in [1.807, 2.05) is 0 Å². The molecule has 1 aromatic heterocycles. The van der Waals surface area contributed by atoms with Gasteiger partial charge in [-0.15, -0.1) is 0 Å². The van der Waals surface area contributed by atoms with Gasteiger partial charge in [-0.05, 0) is 5.56 Å². The average molecular weight is 280 g/mol. The van der Waals surface area contributed by atoms with Gasteiger partial charge in [-0.3, -0.25) is 4.72 Å². The van der Waals surface area contributed by atoms with E-state index in [4.69, 9.17) is 5.73 Å². The number of nitrogen functional groups attached to an aromatic ring is 1. The van der Waals surface area contributed by atoms with Crippen LogP contribution in [0.1, 0.15) is 5.56 Å². The minimum Gasteiger partial charge on any atom is -0.492 e. The van der Waals surface area contributed by atoms with Crippen LogP contribution in [0.3, 0.4) is 0 Å². The third-order valence-corrected chi connectivity index (χ3v) is 3.45. The van der Waals surface area contributed by atoms with E-state index in [9.17, 15) is 13.5 Å². The third kappa shape index (κ3) is 3.55. The molecule has 7 nitrogen and oxygen atoms in total. The second-order valence-corrected chi connectivity index (χ2v) is 5.54. The van der Waals surface area contributed by atoms with Crippen LogP contribution in [0.15, 0.2) is 36.5 Å². The summed E-state index contributed by atoms with van der Waals surface area (Å²) in [6, 6.07) is 8.68. The van der Waals surface area contributed by atoms with Crippen molar-refractivity contribution in [2.75, 3.05) is 10.5 Å². The summed E-state index contributed by atoms with van der Waals surface area (Å²) in [6.07, 6.45) is 1.13. The Morgan fingerprint density at radius 1 is 1.26 bits per heavy atom. The standard InChI is InChI=1S/C11H12N4O3S/c12-9-6-13-11(14-10(9)16)15-19(17,18)7-8-4-2-1-3-5-8/h1-6H,7,12H2,(H2,13,14,15,16). The highest BCUT2D eigenvalue weighted by atomic mass is 32.2. The molecule has 0 amide bonds. The van der Waals surface area contributed by atoms with Gasteiger partial charge in [-0.25, -0.2) is 13.4 Å². The van der Waals surface area contributed by atoms with Gasteiger partial charge in [0.1, 0.15) is 5.69 Å². The molecule has 100 valence electrons. The van der Waals surface area contributed by atoms with Crippen molar-refractivity contribution >= 4 is 21.7 Å². The molecule has 4 N–H and O–H groups in total. The highest BCUT2D eigenvalue weighted by Crippen LogP contribution is 2.17. The van der Waals surface area contributed by atoms with Gasteiger partial charge in [0.25, 0.3) is 0 Å². The van der Waals surface area contributed by atoms with Gasteiger partial charge in [0.2, 0.25) is 21.9 Å². The number of rotatable bonds is 4. The van der Waals surface area contributed by atoms with Gasteiger partial charge in [-0.2, -0.15) is 4.98 Å². The first-order valence-electron chi connectivity index (χ1n) is 5.32. The lowest BCUT2D eigenvalue weighted by Gasteiger charge is -2.07. The molecule has 19 heavy (non-hydrogen) atoms. The van der Waals surface area contributed by atoms with Crippen molar-refractivity contribution < 1.29 is 13.5 Å². The van der Waals surface area contributed by atoms with E-state index >= 15 is 0 Å². The van der Waals surface area contributed by atoms with Gasteiger partial charge in [-0.1, -0.05) is 30.3 Å². The highest BCUT2D eigenvalue weighted by molar-refractivity contribution is 7.91. The fourth-order valence-electron chi connectivity index (χ4n) is 1.40. The van der Waals surface area contributed by atoms with E-state index < -0.39 is 15.9 Å². The van der Waals surface area contributed by atoms with E-state index in [1.54, 1.807) is 30.3 Å². The number of hydrogen-bond acceptors (Lipinski definition) is 6. The molecule has 2 aromatic rings. The zero-order valence-corrected chi connectivity index (χ0v) is 10.6. The number of nitrogens with two attached hydrogens (primary N) is 1. The van der Waals surface area contributed by atoms with Crippen LogP contribution in [-0.2, 0) is 15.8 Å². The van der Waals surface area contributed by atoms with Crippen LogP contribution >= 0.6 is 0 Å². The van der Waals surface area contributed by atoms with Crippen molar-refractivity contribution in [3.63, 3.8) is 0 Å². The number of nitrogens with zero attached hydrogens (tertiary/aromatic N) is 2. The minimum atomic E-state index is -3.64. The zero-order chi connectivity index (χ0) is 13.9. The number of nitrogens with one attached hydrogen (secondary N) is 1. The summed E-state index contributed by atoms with van der Waals surface area (Å²) in [5, 5.41) is 9.28. The zero-order valence-electron chi connectivity index (χ0n) is 9.81. The number of aromatic nitrogens is 2. The first-order valence-corrected chi connectivity index (χ1v) is 6.97. The highest BCUT2D eigenvalue weighted by Gasteiger charge is 2.14. The molecule has 0 bridgehead atoms. The summed E-state index contributed by atoms with van der Waals surface area (Å²) in [7, 11) is -3.64. The van der Waals surface area contributed by atoms with Gasteiger partial charge in [0.05, 0.1) is 11.9 Å². The van der Waals surface area contributed by atoms with Crippen molar-refractivity contribution in [3.05, 3.63) is 42.1 Å². The fourth-order valence-corrected chi connectivity index (χ4v) is 2.48. The molecule has 0 atom stereocenters. The molecule has 8 heteroatoms. The van der Waals surface area contributed by atoms with Crippen molar-refractivity contribution in [2.45, 2.75) is 5.75 Å². The molecular formula is C11H12N4O3S. The van der Waals surface area contributed by atoms with Crippen LogP contribution in [0, 0.1) is 0 Å². The maximum absolute atomic E-state index is 11.9. The Kier molecular flexibility index (Phi) is 3.52. The van der Waals surface area contributed by atoms with Crippen LogP contribution in [0.5, 0.6) is 5.88 Å². The third-order valence-electron chi connectivity index (χ3n) is 2.24. The first kappa shape index (κ1) is 13.1. The summed E-state index contributed by atoms with van der Waals surface area (Å²) in [5.74, 6) is -0.891. The van der Waals surface area contributed by atoms with Crippen molar-refractivity contribution in [1.29, 1.82) is 0 Å². The lowest BCUT2D eigenvalue weighted by atomic mass is 10.2. The monoisotopic (exact) mass is 280 g/mol. The predicted octanol–water partition coefficient (Wildman–Crippen LogP) is 0.706. The molecule has 0 aliphatic rings. The van der Waals surface area contributed by atoms with E-state index in [1.165, 1.54) is 0 Å². The summed E-state index contributed by atoms with van der Waals surface area (Å²) in [5.41, 5.74) is 5.94. The van der Waals surface area contributed by atoms with Crippen LogP contribution in [0.2, 0.25) is 0 Å². The van der Waals surface area contributed by atoms with Gasteiger partial charge in [0.15, 0.2) is 0 Å². The molecule has 1 heterocycles. The van der Waals surface area contributed by atoms with Crippen LogP contribution in [-0.4, -0.2) is 23.5 Å². The molecule has 0 spiro atoms.